The molecule has 4 nitrogen and oxygen atoms in total. The molecule has 0 aliphatic carbocycles. The summed E-state index contributed by atoms with van der Waals surface area (Å²) < 4.78 is 26.2. The van der Waals surface area contributed by atoms with Gasteiger partial charge in [-0.15, -0.1) is 0 Å². The third-order valence-electron chi connectivity index (χ3n) is 3.26. The number of piperidine rings is 1. The number of rotatable bonds is 5. The largest absolute Gasteiger partial charge is 0.313 e. The summed E-state index contributed by atoms with van der Waals surface area (Å²) in [6.07, 6.45) is 3.10. The second kappa shape index (κ2) is 6.16. The van der Waals surface area contributed by atoms with Crippen LogP contribution in [0.3, 0.4) is 0 Å². The van der Waals surface area contributed by atoms with E-state index < -0.39 is 10.0 Å². The molecule has 0 saturated carbocycles. The molecular weight excluding hydrogens is 236 g/mol. The Kier molecular flexibility index (Phi) is 5.41. The summed E-state index contributed by atoms with van der Waals surface area (Å²) in [5.41, 5.74) is 0. The Balaban J connectivity index is 2.72. The third-order valence-corrected chi connectivity index (χ3v) is 5.58. The molecular formula is C12H26N2O2S. The number of sulfonamides is 1. The first-order chi connectivity index (χ1) is 7.85. The van der Waals surface area contributed by atoms with Crippen molar-refractivity contribution in [3.63, 3.8) is 0 Å². The van der Waals surface area contributed by atoms with E-state index in [4.69, 9.17) is 0 Å². The van der Waals surface area contributed by atoms with Gasteiger partial charge in [-0.2, -0.15) is 4.31 Å². The van der Waals surface area contributed by atoms with Gasteiger partial charge in [0.15, 0.2) is 0 Å². The van der Waals surface area contributed by atoms with Crippen molar-refractivity contribution in [1.29, 1.82) is 0 Å². The maximum Gasteiger partial charge on any atom is 0.216 e. The van der Waals surface area contributed by atoms with Crippen molar-refractivity contribution in [2.75, 3.05) is 13.1 Å². The Bertz CT molecular complexity index is 325. The van der Waals surface area contributed by atoms with Crippen LogP contribution in [0, 0.1) is 0 Å². The molecule has 1 fully saturated rings. The van der Waals surface area contributed by atoms with Crippen LogP contribution in [0.4, 0.5) is 0 Å². The highest BCUT2D eigenvalue weighted by Gasteiger charge is 2.33. The summed E-state index contributed by atoms with van der Waals surface area (Å²) >= 11 is 0. The Morgan fingerprint density at radius 3 is 2.41 bits per heavy atom. The second-order valence-corrected chi connectivity index (χ2v) is 7.86. The fourth-order valence-corrected chi connectivity index (χ4v) is 3.68. The van der Waals surface area contributed by atoms with Gasteiger partial charge in [-0.1, -0.05) is 20.3 Å². The lowest BCUT2D eigenvalue weighted by Crippen LogP contribution is -2.51. The van der Waals surface area contributed by atoms with Gasteiger partial charge in [0, 0.05) is 25.2 Å². The van der Waals surface area contributed by atoms with Crippen molar-refractivity contribution >= 4 is 10.0 Å². The molecule has 0 aromatic heterocycles. The normalized spacial score (nSPS) is 23.5. The zero-order valence-electron chi connectivity index (χ0n) is 11.4. The van der Waals surface area contributed by atoms with E-state index in [1.165, 1.54) is 0 Å². The van der Waals surface area contributed by atoms with Crippen molar-refractivity contribution in [3.8, 4) is 0 Å². The Labute approximate surface area is 106 Å². The van der Waals surface area contributed by atoms with E-state index in [9.17, 15) is 8.42 Å². The minimum Gasteiger partial charge on any atom is -0.313 e. The first kappa shape index (κ1) is 14.9. The number of hydrogen-bond acceptors (Lipinski definition) is 3. The summed E-state index contributed by atoms with van der Waals surface area (Å²) in [6, 6.07) is 0.541. The van der Waals surface area contributed by atoms with E-state index >= 15 is 0 Å². The molecule has 5 heteroatoms. The highest BCUT2D eigenvalue weighted by atomic mass is 32.2. The lowest BCUT2D eigenvalue weighted by molar-refractivity contribution is 0.240. The minimum atomic E-state index is -3.10. The van der Waals surface area contributed by atoms with Crippen molar-refractivity contribution in [1.82, 2.24) is 9.62 Å². The van der Waals surface area contributed by atoms with Crippen molar-refractivity contribution in [3.05, 3.63) is 0 Å². The molecule has 1 aliphatic rings. The number of hydrogen-bond donors (Lipinski definition) is 1. The summed E-state index contributed by atoms with van der Waals surface area (Å²) in [5, 5.41) is 3.03. The fourth-order valence-electron chi connectivity index (χ4n) is 2.16. The van der Waals surface area contributed by atoms with Crippen LogP contribution in [0.1, 0.15) is 47.0 Å². The topological polar surface area (TPSA) is 49.4 Å². The van der Waals surface area contributed by atoms with Gasteiger partial charge in [-0.25, -0.2) is 8.42 Å². The van der Waals surface area contributed by atoms with Crippen LogP contribution in [0.2, 0.25) is 0 Å². The maximum absolute atomic E-state index is 12.2. The second-order valence-electron chi connectivity index (χ2n) is 5.42. The van der Waals surface area contributed by atoms with Gasteiger partial charge < -0.3 is 5.32 Å². The lowest BCUT2D eigenvalue weighted by Gasteiger charge is -2.36. The van der Waals surface area contributed by atoms with Gasteiger partial charge in [0.25, 0.3) is 0 Å². The van der Waals surface area contributed by atoms with Gasteiger partial charge >= 0.3 is 0 Å². The molecule has 0 amide bonds. The molecule has 0 aromatic rings. The molecule has 0 aromatic carbocycles. The van der Waals surface area contributed by atoms with Gasteiger partial charge in [-0.3, -0.25) is 0 Å². The van der Waals surface area contributed by atoms with Crippen molar-refractivity contribution in [2.24, 2.45) is 0 Å². The third kappa shape index (κ3) is 3.93. The number of nitrogens with one attached hydrogen (secondary N) is 1. The van der Waals surface area contributed by atoms with Gasteiger partial charge in [0.2, 0.25) is 10.0 Å². The summed E-state index contributed by atoms with van der Waals surface area (Å²) in [5.74, 6) is 0. The van der Waals surface area contributed by atoms with E-state index in [1.54, 1.807) is 18.2 Å². The molecule has 0 bridgehead atoms. The van der Waals surface area contributed by atoms with Crippen LogP contribution in [0.5, 0.6) is 0 Å². The number of nitrogens with zero attached hydrogens (tertiary/aromatic N) is 1. The van der Waals surface area contributed by atoms with Crippen molar-refractivity contribution < 1.29 is 8.42 Å². The molecule has 0 radical (unpaired) electrons. The van der Waals surface area contributed by atoms with E-state index in [1.807, 2.05) is 0 Å². The monoisotopic (exact) mass is 262 g/mol. The highest BCUT2D eigenvalue weighted by molar-refractivity contribution is 7.89. The minimum absolute atomic E-state index is 0.138. The van der Waals surface area contributed by atoms with E-state index in [2.05, 4.69) is 19.2 Å². The Morgan fingerprint density at radius 1 is 1.24 bits per heavy atom. The van der Waals surface area contributed by atoms with Crippen LogP contribution in [0.15, 0.2) is 0 Å². The molecule has 1 N–H and O–H groups in total. The van der Waals surface area contributed by atoms with Gasteiger partial charge in [-0.05, 0) is 26.7 Å². The molecule has 102 valence electrons. The van der Waals surface area contributed by atoms with Gasteiger partial charge in [0.1, 0.15) is 0 Å². The Hall–Kier alpha value is -0.130. The van der Waals surface area contributed by atoms with Crippen LogP contribution in [-0.4, -0.2) is 43.1 Å². The average Bonchev–Trinajstić information content (AvgIpc) is 2.26. The lowest BCUT2D eigenvalue weighted by atomic mass is 10.0. The maximum atomic E-state index is 12.2. The highest BCUT2D eigenvalue weighted by Crippen LogP contribution is 2.22. The smallest absolute Gasteiger partial charge is 0.216 e. The summed E-state index contributed by atoms with van der Waals surface area (Å²) in [6.45, 7) is 9.15. The Morgan fingerprint density at radius 2 is 1.88 bits per heavy atom. The molecule has 1 atom stereocenters. The standard InChI is InChI=1S/C12H26N2O2S/c1-10(2)13-9-12-7-5-6-8-14(12)17(15,16)11(3)4/h10-13H,5-9H2,1-4H3. The first-order valence-electron chi connectivity index (χ1n) is 6.59. The molecule has 1 saturated heterocycles. The zero-order chi connectivity index (χ0) is 13.1. The predicted octanol–water partition coefficient (Wildman–Crippen LogP) is 1.58. The fraction of sp³-hybridized carbons (Fsp3) is 1.00. The molecule has 17 heavy (non-hydrogen) atoms. The molecule has 0 spiro atoms. The van der Waals surface area contributed by atoms with Crippen LogP contribution in [-0.2, 0) is 10.0 Å². The zero-order valence-corrected chi connectivity index (χ0v) is 12.3. The van der Waals surface area contributed by atoms with E-state index in [-0.39, 0.29) is 11.3 Å². The quantitative estimate of drug-likeness (QED) is 0.818. The summed E-state index contributed by atoms with van der Waals surface area (Å²) in [4.78, 5) is 0. The molecule has 1 heterocycles. The molecule has 1 rings (SSSR count). The SMILES string of the molecule is CC(C)NCC1CCCCN1S(=O)(=O)C(C)C. The van der Waals surface area contributed by atoms with Crippen molar-refractivity contribution in [2.45, 2.75) is 64.3 Å². The van der Waals surface area contributed by atoms with E-state index in [0.29, 0.717) is 12.6 Å². The average molecular weight is 262 g/mol. The van der Waals surface area contributed by atoms with E-state index in [0.717, 1.165) is 25.8 Å². The summed E-state index contributed by atoms with van der Waals surface area (Å²) in [7, 11) is -3.10. The first-order valence-corrected chi connectivity index (χ1v) is 8.10. The van der Waals surface area contributed by atoms with Crippen LogP contribution < -0.4 is 5.32 Å². The molecule has 1 aliphatic heterocycles. The van der Waals surface area contributed by atoms with Gasteiger partial charge in [0.05, 0.1) is 5.25 Å². The predicted molar refractivity (Wildman–Crippen MR) is 71.5 cm³/mol. The van der Waals surface area contributed by atoms with Crippen LogP contribution in [0.25, 0.3) is 0 Å². The molecule has 1 unspecified atom stereocenters. The van der Waals surface area contributed by atoms with Crippen LogP contribution >= 0.6 is 0 Å².